The van der Waals surface area contributed by atoms with E-state index in [9.17, 15) is 0 Å². The molecule has 0 aliphatic carbocycles. The highest BCUT2D eigenvalue weighted by molar-refractivity contribution is 6.12. The zero-order chi connectivity index (χ0) is 20.5. The molecule has 1 heterocycles. The summed E-state index contributed by atoms with van der Waals surface area (Å²) in [7, 11) is 3.45. The van der Waals surface area contributed by atoms with Gasteiger partial charge in [0.25, 0.3) is 0 Å². The van der Waals surface area contributed by atoms with Crippen molar-refractivity contribution in [3.63, 3.8) is 0 Å². The summed E-state index contributed by atoms with van der Waals surface area (Å²) >= 11 is 0. The average molecular weight is 472 g/mol. The molecule has 0 spiro atoms. The molecule has 0 N–H and O–H groups in total. The van der Waals surface area contributed by atoms with Gasteiger partial charge in [0.2, 0.25) is 16.7 Å². The van der Waals surface area contributed by atoms with E-state index in [1.165, 1.54) is 0 Å². The molecule has 4 aromatic carbocycles. The number of para-hydroxylation sites is 1. The summed E-state index contributed by atoms with van der Waals surface area (Å²) in [5.74, 6) is 1.67. The molecule has 154 valence electrons. The van der Waals surface area contributed by atoms with Crippen LogP contribution in [0, 0.1) is 0 Å². The molecule has 0 radical (unpaired) electrons. The van der Waals surface area contributed by atoms with Crippen molar-refractivity contribution >= 4 is 21.8 Å². The van der Waals surface area contributed by atoms with E-state index in [0.717, 1.165) is 50.1 Å². The second-order valence-corrected chi connectivity index (χ2v) is 7.12. The highest BCUT2D eigenvalue weighted by Crippen LogP contribution is 2.42. The van der Waals surface area contributed by atoms with Gasteiger partial charge in [-0.3, -0.25) is 0 Å². The second kappa shape index (κ2) is 8.78. The first-order valence-electron chi connectivity index (χ1n) is 9.95. The number of hydrogen-bond donors (Lipinski definition) is 0. The van der Waals surface area contributed by atoms with Gasteiger partial charge in [0.05, 0.1) is 25.0 Å². The van der Waals surface area contributed by atoms with Crippen LogP contribution in [0.1, 0.15) is 0 Å². The third-order valence-corrected chi connectivity index (χ3v) is 5.51. The van der Waals surface area contributed by atoms with Crippen LogP contribution in [0.15, 0.2) is 97.1 Å². The Hall–Kier alpha value is -3.37. The molecular weight excluding hydrogens is 450 g/mol. The van der Waals surface area contributed by atoms with Crippen molar-refractivity contribution in [1.82, 2.24) is 0 Å². The Morgan fingerprint density at radius 3 is 1.52 bits per heavy atom. The van der Waals surface area contributed by atoms with E-state index in [-0.39, 0.29) is 17.0 Å². The average Bonchev–Trinajstić information content (AvgIpc) is 2.82. The van der Waals surface area contributed by atoms with Gasteiger partial charge < -0.3 is 26.5 Å². The lowest BCUT2D eigenvalue weighted by Gasteiger charge is -2.16. The maximum atomic E-state index is 5.85. The molecule has 0 aliphatic heterocycles. The van der Waals surface area contributed by atoms with Gasteiger partial charge in [0, 0.05) is 29.8 Å². The Kier molecular flexibility index (Phi) is 5.92. The minimum atomic E-state index is 0. The molecule has 0 atom stereocenters. The Morgan fingerprint density at radius 2 is 1.03 bits per heavy atom. The van der Waals surface area contributed by atoms with Crippen LogP contribution in [0.25, 0.3) is 38.6 Å². The summed E-state index contributed by atoms with van der Waals surface area (Å²) in [5, 5.41) is 2.12. The summed E-state index contributed by atoms with van der Waals surface area (Å²) in [4.78, 5) is 0. The van der Waals surface area contributed by atoms with Gasteiger partial charge >= 0.3 is 0 Å². The van der Waals surface area contributed by atoms with Gasteiger partial charge in [-0.05, 0) is 17.7 Å². The largest absolute Gasteiger partial charge is 1.00 e. The Morgan fingerprint density at radius 1 is 0.548 bits per heavy atom. The Bertz CT molecular complexity index is 1290. The fraction of sp³-hybridized carbons (Fsp3) is 0.0741. The Labute approximate surface area is 192 Å². The van der Waals surface area contributed by atoms with Crippen molar-refractivity contribution in [3.8, 4) is 28.3 Å². The van der Waals surface area contributed by atoms with E-state index in [0.29, 0.717) is 0 Å². The molecule has 4 heteroatoms. The number of halogens is 1. The number of methoxy groups -OCH3 is 2. The van der Waals surface area contributed by atoms with E-state index < -0.39 is 0 Å². The van der Waals surface area contributed by atoms with Crippen LogP contribution >= 0.6 is 0 Å². The number of pyridine rings is 1. The van der Waals surface area contributed by atoms with Crippen molar-refractivity contribution in [3.05, 3.63) is 97.1 Å². The molecular formula is C27H22BrNO2. The predicted octanol–water partition coefficient (Wildman–Crippen LogP) is 2.96. The molecule has 0 fully saturated rings. The molecule has 5 rings (SSSR count). The Balaban J connectivity index is 0.00000231. The molecule has 0 saturated carbocycles. The summed E-state index contributed by atoms with van der Waals surface area (Å²) in [6.45, 7) is 0. The number of fused-ring (bicyclic) bond motifs is 2. The monoisotopic (exact) mass is 471 g/mol. The van der Waals surface area contributed by atoms with Crippen LogP contribution in [0.2, 0.25) is 0 Å². The van der Waals surface area contributed by atoms with Gasteiger partial charge in [0.1, 0.15) is 11.5 Å². The number of benzene rings is 4. The van der Waals surface area contributed by atoms with Gasteiger partial charge in [-0.2, -0.15) is 4.57 Å². The zero-order valence-corrected chi connectivity index (χ0v) is 19.0. The second-order valence-electron chi connectivity index (χ2n) is 7.12. The molecule has 0 aliphatic rings. The standard InChI is InChI=1S/C27H22NO2.BrH/c1-29-23-17-9-15-21-26(23)25(19-11-5-3-6-12-19)27-22(16-10-18-24(27)30-2)28(21)20-13-7-4-8-14-20;/h3-18H,1-2H3;1H/q+1;/p-1. The van der Waals surface area contributed by atoms with Crippen LogP contribution in [0.3, 0.4) is 0 Å². The number of aromatic nitrogens is 1. The number of ether oxygens (including phenoxy) is 2. The SMILES string of the molecule is COc1cccc2c1c(-c1ccccc1)c1c(OC)cccc1[n+]2-c1ccccc1.[Br-]. The van der Waals surface area contributed by atoms with Crippen molar-refractivity contribution in [2.75, 3.05) is 14.2 Å². The normalized spacial score (nSPS) is 10.6. The number of hydrogen-bond acceptors (Lipinski definition) is 2. The van der Waals surface area contributed by atoms with Crippen molar-refractivity contribution in [2.45, 2.75) is 0 Å². The number of nitrogens with zero attached hydrogens (tertiary/aromatic N) is 1. The first-order chi connectivity index (χ1) is 14.8. The summed E-state index contributed by atoms with van der Waals surface area (Å²) in [5.41, 5.74) is 5.50. The lowest BCUT2D eigenvalue weighted by atomic mass is 9.94. The van der Waals surface area contributed by atoms with E-state index >= 15 is 0 Å². The molecule has 3 nitrogen and oxygen atoms in total. The maximum Gasteiger partial charge on any atom is 0.223 e. The van der Waals surface area contributed by atoms with Crippen molar-refractivity contribution in [1.29, 1.82) is 0 Å². The highest BCUT2D eigenvalue weighted by atomic mass is 79.9. The molecule has 1 aromatic heterocycles. The fourth-order valence-corrected chi connectivity index (χ4v) is 4.26. The molecule has 0 bridgehead atoms. The zero-order valence-electron chi connectivity index (χ0n) is 17.4. The van der Waals surface area contributed by atoms with Crippen molar-refractivity contribution < 1.29 is 31.0 Å². The van der Waals surface area contributed by atoms with Gasteiger partial charge in [-0.25, -0.2) is 0 Å². The smallest absolute Gasteiger partial charge is 0.223 e. The van der Waals surface area contributed by atoms with E-state index in [1.54, 1.807) is 14.2 Å². The third kappa shape index (κ3) is 3.43. The lowest BCUT2D eigenvalue weighted by molar-refractivity contribution is -0.537. The molecule has 5 aromatic rings. The quantitative estimate of drug-likeness (QED) is 0.297. The van der Waals surface area contributed by atoms with E-state index in [1.807, 2.05) is 36.4 Å². The maximum absolute atomic E-state index is 5.85. The minimum absolute atomic E-state index is 0. The molecule has 31 heavy (non-hydrogen) atoms. The van der Waals surface area contributed by atoms with Gasteiger partial charge in [0.15, 0.2) is 0 Å². The van der Waals surface area contributed by atoms with Gasteiger partial charge in [-0.1, -0.05) is 60.7 Å². The molecule has 0 amide bonds. The fourth-order valence-electron chi connectivity index (χ4n) is 4.26. The summed E-state index contributed by atoms with van der Waals surface area (Å²) in [6, 6.07) is 33.3. The van der Waals surface area contributed by atoms with Crippen LogP contribution < -0.4 is 31.0 Å². The molecule has 0 saturated heterocycles. The van der Waals surface area contributed by atoms with Crippen LogP contribution in [-0.4, -0.2) is 14.2 Å². The predicted molar refractivity (Wildman–Crippen MR) is 122 cm³/mol. The van der Waals surface area contributed by atoms with Crippen molar-refractivity contribution in [2.24, 2.45) is 0 Å². The highest BCUT2D eigenvalue weighted by Gasteiger charge is 2.27. The van der Waals surface area contributed by atoms with E-state index in [2.05, 4.69) is 65.2 Å². The molecule has 0 unspecified atom stereocenters. The summed E-state index contributed by atoms with van der Waals surface area (Å²) < 4.78 is 14.0. The van der Waals surface area contributed by atoms with E-state index in [4.69, 9.17) is 9.47 Å². The minimum Gasteiger partial charge on any atom is -1.00 e. The third-order valence-electron chi connectivity index (χ3n) is 5.51. The number of rotatable bonds is 4. The van der Waals surface area contributed by atoms with Crippen LogP contribution in [0.5, 0.6) is 11.5 Å². The topological polar surface area (TPSA) is 22.3 Å². The van der Waals surface area contributed by atoms with Crippen LogP contribution in [0.4, 0.5) is 0 Å². The summed E-state index contributed by atoms with van der Waals surface area (Å²) in [6.07, 6.45) is 0. The first kappa shape index (κ1) is 20.9. The van der Waals surface area contributed by atoms with Crippen LogP contribution in [-0.2, 0) is 0 Å². The van der Waals surface area contributed by atoms with Gasteiger partial charge in [-0.15, -0.1) is 0 Å². The first-order valence-corrected chi connectivity index (χ1v) is 9.95. The lowest BCUT2D eigenvalue weighted by Crippen LogP contribution is -3.00.